The molecule has 0 aliphatic heterocycles. The Balaban J connectivity index is 2.92. The zero-order valence-corrected chi connectivity index (χ0v) is 7.87. The van der Waals surface area contributed by atoms with E-state index >= 15 is 0 Å². The first-order valence-electron chi connectivity index (χ1n) is 3.99. The topological polar surface area (TPSA) is 38.9 Å². The number of thiazole rings is 1. The van der Waals surface area contributed by atoms with Crippen molar-refractivity contribution in [1.82, 2.24) is 4.98 Å². The summed E-state index contributed by atoms with van der Waals surface area (Å²) in [6.07, 6.45) is 2.03. The molecule has 1 rings (SSSR count). The third-order valence-electron chi connectivity index (χ3n) is 1.65. The molecule has 0 bridgehead atoms. The molecule has 1 aromatic heterocycles. The molecular formula is C8H14N2S. The summed E-state index contributed by atoms with van der Waals surface area (Å²) < 4.78 is 0. The molecule has 0 aromatic carbocycles. The molecule has 62 valence electrons. The fourth-order valence-corrected chi connectivity index (χ4v) is 2.00. The summed E-state index contributed by atoms with van der Waals surface area (Å²) in [7, 11) is 0. The lowest BCUT2D eigenvalue weighted by Gasteiger charge is -1.91. The first-order valence-corrected chi connectivity index (χ1v) is 4.81. The Morgan fingerprint density at radius 3 is 2.45 bits per heavy atom. The van der Waals surface area contributed by atoms with E-state index in [0.29, 0.717) is 6.54 Å². The Morgan fingerprint density at radius 2 is 2.09 bits per heavy atom. The van der Waals surface area contributed by atoms with Crippen LogP contribution in [0.15, 0.2) is 0 Å². The zero-order chi connectivity index (χ0) is 8.27. The second-order valence-corrected chi connectivity index (χ2v) is 3.56. The summed E-state index contributed by atoms with van der Waals surface area (Å²) in [6, 6.07) is 0. The molecule has 1 aromatic rings. The Bertz CT molecular complexity index is 208. The van der Waals surface area contributed by atoms with Gasteiger partial charge in [0, 0.05) is 11.4 Å². The predicted octanol–water partition coefficient (Wildman–Crippen LogP) is 1.73. The van der Waals surface area contributed by atoms with Crippen LogP contribution < -0.4 is 5.73 Å². The first-order chi connectivity index (χ1) is 5.31. The van der Waals surface area contributed by atoms with Crippen molar-refractivity contribution in [3.05, 3.63) is 15.6 Å². The quantitative estimate of drug-likeness (QED) is 0.750. The smallest absolute Gasteiger partial charge is 0.0928 e. The van der Waals surface area contributed by atoms with Gasteiger partial charge in [0.1, 0.15) is 0 Å². The van der Waals surface area contributed by atoms with Crippen LogP contribution in [-0.4, -0.2) is 4.98 Å². The van der Waals surface area contributed by atoms with E-state index in [0.717, 1.165) is 12.8 Å². The first kappa shape index (κ1) is 8.68. The average Bonchev–Trinajstić information content (AvgIpc) is 2.46. The van der Waals surface area contributed by atoms with E-state index in [1.54, 1.807) is 11.3 Å². The fraction of sp³-hybridized carbons (Fsp3) is 0.625. The minimum Gasteiger partial charge on any atom is -0.326 e. The second kappa shape index (κ2) is 3.83. The van der Waals surface area contributed by atoms with Gasteiger partial charge in [0.05, 0.1) is 10.7 Å². The predicted molar refractivity (Wildman–Crippen MR) is 48.8 cm³/mol. The van der Waals surface area contributed by atoms with Gasteiger partial charge in [0.2, 0.25) is 0 Å². The molecule has 0 fully saturated rings. The van der Waals surface area contributed by atoms with E-state index < -0.39 is 0 Å². The second-order valence-electron chi connectivity index (χ2n) is 2.39. The van der Waals surface area contributed by atoms with Gasteiger partial charge in [-0.15, -0.1) is 11.3 Å². The van der Waals surface area contributed by atoms with Gasteiger partial charge in [0.15, 0.2) is 0 Å². The number of nitrogens with two attached hydrogens (primary N) is 1. The van der Waals surface area contributed by atoms with E-state index in [4.69, 9.17) is 5.73 Å². The van der Waals surface area contributed by atoms with Crippen molar-refractivity contribution in [1.29, 1.82) is 0 Å². The highest BCUT2D eigenvalue weighted by Crippen LogP contribution is 2.18. The summed E-state index contributed by atoms with van der Waals surface area (Å²) >= 11 is 1.75. The SMILES string of the molecule is CCc1nc(CC)c(CN)s1. The maximum absolute atomic E-state index is 5.56. The number of hydrogen-bond donors (Lipinski definition) is 1. The van der Waals surface area contributed by atoms with Gasteiger partial charge in [-0.2, -0.15) is 0 Å². The lowest BCUT2D eigenvalue weighted by molar-refractivity contribution is 0.962. The molecule has 11 heavy (non-hydrogen) atoms. The average molecular weight is 170 g/mol. The minimum absolute atomic E-state index is 0.640. The fourth-order valence-electron chi connectivity index (χ4n) is 1.02. The van der Waals surface area contributed by atoms with Crippen molar-refractivity contribution in [2.75, 3.05) is 0 Å². The van der Waals surface area contributed by atoms with Crippen LogP contribution in [0.2, 0.25) is 0 Å². The molecular weight excluding hydrogens is 156 g/mol. The Labute approximate surface area is 71.5 Å². The van der Waals surface area contributed by atoms with Crippen LogP contribution in [0.1, 0.15) is 29.4 Å². The largest absolute Gasteiger partial charge is 0.326 e. The number of aryl methyl sites for hydroxylation is 2. The number of nitrogens with zero attached hydrogens (tertiary/aromatic N) is 1. The van der Waals surface area contributed by atoms with E-state index in [-0.39, 0.29) is 0 Å². The molecule has 0 amide bonds. The van der Waals surface area contributed by atoms with Gasteiger partial charge in [-0.3, -0.25) is 0 Å². The van der Waals surface area contributed by atoms with E-state index in [1.165, 1.54) is 15.6 Å². The molecule has 0 aliphatic carbocycles. The van der Waals surface area contributed by atoms with Gasteiger partial charge < -0.3 is 5.73 Å². The highest BCUT2D eigenvalue weighted by molar-refractivity contribution is 7.11. The van der Waals surface area contributed by atoms with Gasteiger partial charge in [-0.1, -0.05) is 13.8 Å². The highest BCUT2D eigenvalue weighted by atomic mass is 32.1. The van der Waals surface area contributed by atoms with Crippen LogP contribution in [-0.2, 0) is 19.4 Å². The minimum atomic E-state index is 0.640. The summed E-state index contributed by atoms with van der Waals surface area (Å²) in [5.74, 6) is 0. The van der Waals surface area contributed by atoms with Crippen molar-refractivity contribution in [3.63, 3.8) is 0 Å². The standard InChI is InChI=1S/C8H14N2S/c1-3-6-7(5-9)11-8(4-2)10-6/h3-5,9H2,1-2H3. The molecule has 1 heterocycles. The Morgan fingerprint density at radius 1 is 1.36 bits per heavy atom. The van der Waals surface area contributed by atoms with Gasteiger partial charge in [0.25, 0.3) is 0 Å². The molecule has 0 aliphatic rings. The molecule has 0 unspecified atom stereocenters. The van der Waals surface area contributed by atoms with Crippen molar-refractivity contribution in [3.8, 4) is 0 Å². The van der Waals surface area contributed by atoms with Crippen LogP contribution >= 0.6 is 11.3 Å². The summed E-state index contributed by atoms with van der Waals surface area (Å²) in [6.45, 7) is 4.88. The lowest BCUT2D eigenvalue weighted by atomic mass is 10.3. The van der Waals surface area contributed by atoms with Crippen LogP contribution in [0.5, 0.6) is 0 Å². The molecule has 2 N–H and O–H groups in total. The summed E-state index contributed by atoms with van der Waals surface area (Å²) in [5.41, 5.74) is 6.75. The van der Waals surface area contributed by atoms with Crippen molar-refractivity contribution < 1.29 is 0 Å². The third-order valence-corrected chi connectivity index (χ3v) is 2.91. The Hall–Kier alpha value is -0.410. The summed E-state index contributed by atoms with van der Waals surface area (Å²) in [4.78, 5) is 5.71. The van der Waals surface area contributed by atoms with E-state index in [2.05, 4.69) is 18.8 Å². The van der Waals surface area contributed by atoms with Crippen molar-refractivity contribution in [2.45, 2.75) is 33.2 Å². The molecule has 2 nitrogen and oxygen atoms in total. The van der Waals surface area contributed by atoms with E-state index in [9.17, 15) is 0 Å². The van der Waals surface area contributed by atoms with Crippen LogP contribution in [0.3, 0.4) is 0 Å². The van der Waals surface area contributed by atoms with E-state index in [1.807, 2.05) is 0 Å². The normalized spacial score (nSPS) is 10.5. The third kappa shape index (κ3) is 1.79. The van der Waals surface area contributed by atoms with Gasteiger partial charge >= 0.3 is 0 Å². The van der Waals surface area contributed by atoms with Crippen LogP contribution in [0.4, 0.5) is 0 Å². The Kier molecular flexibility index (Phi) is 3.02. The molecule has 0 atom stereocenters. The van der Waals surface area contributed by atoms with Crippen molar-refractivity contribution >= 4 is 11.3 Å². The summed E-state index contributed by atoms with van der Waals surface area (Å²) in [5, 5.41) is 1.21. The van der Waals surface area contributed by atoms with Crippen LogP contribution in [0.25, 0.3) is 0 Å². The van der Waals surface area contributed by atoms with Gasteiger partial charge in [-0.05, 0) is 12.8 Å². The van der Waals surface area contributed by atoms with Gasteiger partial charge in [-0.25, -0.2) is 4.98 Å². The van der Waals surface area contributed by atoms with Crippen LogP contribution in [0, 0.1) is 0 Å². The highest BCUT2D eigenvalue weighted by Gasteiger charge is 2.05. The lowest BCUT2D eigenvalue weighted by Crippen LogP contribution is -1.96. The monoisotopic (exact) mass is 170 g/mol. The molecule has 0 saturated heterocycles. The molecule has 0 saturated carbocycles. The maximum Gasteiger partial charge on any atom is 0.0928 e. The molecule has 0 spiro atoms. The number of aromatic nitrogens is 1. The maximum atomic E-state index is 5.56. The number of rotatable bonds is 3. The zero-order valence-electron chi connectivity index (χ0n) is 7.05. The molecule has 0 radical (unpaired) electrons. The number of hydrogen-bond acceptors (Lipinski definition) is 3. The van der Waals surface area contributed by atoms with Crippen molar-refractivity contribution in [2.24, 2.45) is 5.73 Å². The molecule has 3 heteroatoms.